The van der Waals surface area contributed by atoms with Gasteiger partial charge >= 0.3 is 0 Å². The first kappa shape index (κ1) is 29.7. The second-order valence-electron chi connectivity index (χ2n) is 10.5. The molecule has 0 aliphatic carbocycles. The van der Waals surface area contributed by atoms with Crippen LogP contribution in [0.1, 0.15) is 43.2 Å². The molecule has 9 nitrogen and oxygen atoms in total. The Labute approximate surface area is 262 Å². The van der Waals surface area contributed by atoms with Crippen LogP contribution in [0, 0.1) is 6.92 Å². The second-order valence-corrected chi connectivity index (χ2v) is 10.5. The standard InChI is InChI=1S/C22H17N3O2.C15H10N2O2/c1-15-6-4-8-17(24-15)13-25-14-19(21(26)16-7-5-11-23-12-16)22(27)18-9-2-3-10-20(18)25;18-14(10-4-3-7-16-8-10)12-9-17-13-6-2-1-5-11(13)15(12)19/h2-12,14H,13H2,1H3;1-9H,(H,17,19). The number of carbonyl (C=O) groups is 2. The van der Waals surface area contributed by atoms with E-state index >= 15 is 0 Å². The number of H-pyrrole nitrogens is 1. The monoisotopic (exact) mass is 605 g/mol. The normalized spacial score (nSPS) is 10.7. The average Bonchev–Trinajstić information content (AvgIpc) is 3.10. The van der Waals surface area contributed by atoms with Gasteiger partial charge < -0.3 is 9.55 Å². The Kier molecular flexibility index (Phi) is 8.47. The third-order valence-electron chi connectivity index (χ3n) is 7.39. The van der Waals surface area contributed by atoms with Crippen molar-refractivity contribution in [3.05, 3.63) is 182 Å². The molecule has 0 saturated heterocycles. The number of aryl methyl sites for hydroxylation is 1. The third kappa shape index (κ3) is 6.15. The van der Waals surface area contributed by atoms with E-state index in [0.29, 0.717) is 28.4 Å². The molecule has 0 atom stereocenters. The van der Waals surface area contributed by atoms with Crippen LogP contribution in [0.4, 0.5) is 0 Å². The van der Waals surface area contributed by atoms with Crippen molar-refractivity contribution in [3.63, 3.8) is 0 Å². The van der Waals surface area contributed by atoms with Crippen LogP contribution in [-0.2, 0) is 6.54 Å². The fourth-order valence-corrected chi connectivity index (χ4v) is 5.14. The zero-order valence-electron chi connectivity index (χ0n) is 24.8. The predicted molar refractivity (Wildman–Crippen MR) is 176 cm³/mol. The van der Waals surface area contributed by atoms with Crippen LogP contribution >= 0.6 is 0 Å². The minimum Gasteiger partial charge on any atom is -0.360 e. The SMILES string of the molecule is Cc1cccc(Cn2cc(C(=O)c3cccnc3)c(=O)c3ccccc32)n1.O=C(c1cccnc1)c1c[nH]c2ccccc2c1=O. The summed E-state index contributed by atoms with van der Waals surface area (Å²) in [7, 11) is 0. The van der Waals surface area contributed by atoms with Crippen LogP contribution in [0.5, 0.6) is 0 Å². The minimum atomic E-state index is -0.329. The quantitative estimate of drug-likeness (QED) is 0.247. The fraction of sp³-hybridized carbons (Fsp3) is 0.0541. The lowest BCUT2D eigenvalue weighted by Gasteiger charge is -2.13. The lowest BCUT2D eigenvalue weighted by atomic mass is 10.0. The zero-order chi connectivity index (χ0) is 32.0. The van der Waals surface area contributed by atoms with Crippen molar-refractivity contribution in [2.45, 2.75) is 13.5 Å². The van der Waals surface area contributed by atoms with Gasteiger partial charge in [-0.15, -0.1) is 0 Å². The molecule has 1 N–H and O–H groups in total. The van der Waals surface area contributed by atoms with E-state index in [1.807, 2.05) is 47.9 Å². The molecule has 9 heteroatoms. The molecular formula is C37H27N5O4. The largest absolute Gasteiger partial charge is 0.360 e. The summed E-state index contributed by atoms with van der Waals surface area (Å²) in [6, 6.07) is 26.9. The van der Waals surface area contributed by atoms with Crippen LogP contribution in [-0.4, -0.2) is 36.1 Å². The van der Waals surface area contributed by atoms with Crippen molar-refractivity contribution in [2.24, 2.45) is 0 Å². The minimum absolute atomic E-state index is 0.131. The summed E-state index contributed by atoms with van der Waals surface area (Å²) < 4.78 is 1.90. The number of aromatic amines is 1. The van der Waals surface area contributed by atoms with Crippen LogP contribution in [0.3, 0.4) is 0 Å². The summed E-state index contributed by atoms with van der Waals surface area (Å²) >= 11 is 0. The van der Waals surface area contributed by atoms with Crippen LogP contribution in [0.15, 0.2) is 138 Å². The van der Waals surface area contributed by atoms with E-state index in [-0.39, 0.29) is 33.6 Å². The summed E-state index contributed by atoms with van der Waals surface area (Å²) in [4.78, 5) is 65.7. The molecule has 0 fully saturated rings. The molecule has 0 bridgehead atoms. The zero-order valence-corrected chi connectivity index (χ0v) is 24.8. The van der Waals surface area contributed by atoms with Gasteiger partial charge in [-0.25, -0.2) is 0 Å². The molecule has 0 radical (unpaired) electrons. The van der Waals surface area contributed by atoms with Gasteiger partial charge in [-0.2, -0.15) is 0 Å². The summed E-state index contributed by atoms with van der Waals surface area (Å²) in [5, 5.41) is 1.03. The van der Waals surface area contributed by atoms with E-state index in [9.17, 15) is 19.2 Å². The van der Waals surface area contributed by atoms with E-state index in [0.717, 1.165) is 22.4 Å². The van der Waals surface area contributed by atoms with Gasteiger partial charge in [-0.3, -0.25) is 34.1 Å². The average molecular weight is 606 g/mol. The maximum atomic E-state index is 12.9. The van der Waals surface area contributed by atoms with E-state index in [1.165, 1.54) is 18.6 Å². The van der Waals surface area contributed by atoms with Gasteiger partial charge in [-0.05, 0) is 67.6 Å². The Hall–Kier alpha value is -6.35. The van der Waals surface area contributed by atoms with Crippen molar-refractivity contribution >= 4 is 33.4 Å². The van der Waals surface area contributed by atoms with Gasteiger partial charge in [0.25, 0.3) is 0 Å². The Morgan fingerprint density at radius 2 is 1.33 bits per heavy atom. The highest BCUT2D eigenvalue weighted by Gasteiger charge is 2.18. The van der Waals surface area contributed by atoms with Crippen LogP contribution < -0.4 is 10.9 Å². The summed E-state index contributed by atoms with van der Waals surface area (Å²) in [6.45, 7) is 2.40. The van der Waals surface area contributed by atoms with Crippen molar-refractivity contribution in [1.29, 1.82) is 0 Å². The number of para-hydroxylation sites is 2. The number of nitrogens with one attached hydrogen (secondary N) is 1. The number of hydrogen-bond donors (Lipinski definition) is 1. The summed E-state index contributed by atoms with van der Waals surface area (Å²) in [5.74, 6) is -0.648. The Morgan fingerprint density at radius 3 is 2.00 bits per heavy atom. The lowest BCUT2D eigenvalue weighted by molar-refractivity contribution is 0.102. The molecule has 0 amide bonds. The topological polar surface area (TPSA) is 128 Å². The smallest absolute Gasteiger partial charge is 0.200 e. The van der Waals surface area contributed by atoms with Gasteiger partial charge in [0.05, 0.1) is 28.9 Å². The first-order chi connectivity index (χ1) is 22.4. The van der Waals surface area contributed by atoms with Gasteiger partial charge in [0.2, 0.25) is 10.9 Å². The Morgan fingerprint density at radius 1 is 0.696 bits per heavy atom. The highest BCUT2D eigenvalue weighted by Crippen LogP contribution is 2.16. The van der Waals surface area contributed by atoms with Crippen LogP contribution in [0.2, 0.25) is 0 Å². The van der Waals surface area contributed by atoms with Crippen molar-refractivity contribution in [2.75, 3.05) is 0 Å². The van der Waals surface area contributed by atoms with Crippen molar-refractivity contribution in [3.8, 4) is 0 Å². The highest BCUT2D eigenvalue weighted by molar-refractivity contribution is 6.10. The molecule has 0 unspecified atom stereocenters. The van der Waals surface area contributed by atoms with Gasteiger partial charge in [0.15, 0.2) is 11.6 Å². The maximum absolute atomic E-state index is 12.9. The first-order valence-corrected chi connectivity index (χ1v) is 14.5. The number of aromatic nitrogens is 5. The molecule has 0 saturated carbocycles. The Balaban J connectivity index is 0.000000172. The molecule has 0 aliphatic rings. The number of hydrogen-bond acceptors (Lipinski definition) is 7. The van der Waals surface area contributed by atoms with Crippen LogP contribution in [0.25, 0.3) is 21.8 Å². The number of fused-ring (bicyclic) bond motifs is 2. The molecule has 224 valence electrons. The first-order valence-electron chi connectivity index (χ1n) is 14.5. The molecular weight excluding hydrogens is 578 g/mol. The molecule has 7 aromatic rings. The van der Waals surface area contributed by atoms with Gasteiger partial charge in [-0.1, -0.05) is 30.3 Å². The molecule has 5 aromatic heterocycles. The number of benzene rings is 2. The lowest BCUT2D eigenvalue weighted by Crippen LogP contribution is -2.20. The predicted octanol–water partition coefficient (Wildman–Crippen LogP) is 5.53. The number of nitrogens with zero attached hydrogens (tertiary/aromatic N) is 4. The molecule has 0 spiro atoms. The summed E-state index contributed by atoms with van der Waals surface area (Å²) in [5.41, 5.74) is 3.81. The molecule has 2 aromatic carbocycles. The highest BCUT2D eigenvalue weighted by atomic mass is 16.1. The number of pyridine rings is 5. The van der Waals surface area contributed by atoms with E-state index in [4.69, 9.17) is 0 Å². The van der Waals surface area contributed by atoms with Gasteiger partial charge in [0.1, 0.15) is 0 Å². The fourth-order valence-electron chi connectivity index (χ4n) is 5.14. The van der Waals surface area contributed by atoms with Crippen molar-refractivity contribution < 1.29 is 9.59 Å². The number of carbonyl (C=O) groups excluding carboxylic acids is 2. The number of rotatable bonds is 6. The molecule has 5 heterocycles. The summed E-state index contributed by atoms with van der Waals surface area (Å²) in [6.07, 6.45) is 9.20. The number of ketones is 2. The molecule has 0 aliphatic heterocycles. The molecule has 46 heavy (non-hydrogen) atoms. The Bertz CT molecular complexity index is 2330. The van der Waals surface area contributed by atoms with Gasteiger partial charge in [0, 0.05) is 70.3 Å². The van der Waals surface area contributed by atoms with E-state index < -0.39 is 0 Å². The second kappa shape index (κ2) is 13.1. The maximum Gasteiger partial charge on any atom is 0.200 e. The third-order valence-corrected chi connectivity index (χ3v) is 7.39. The van der Waals surface area contributed by atoms with Crippen molar-refractivity contribution in [1.82, 2.24) is 24.5 Å². The van der Waals surface area contributed by atoms with E-state index in [1.54, 1.807) is 73.2 Å². The van der Waals surface area contributed by atoms with E-state index in [2.05, 4.69) is 19.9 Å². The molecule has 7 rings (SSSR count).